The Morgan fingerprint density at radius 2 is 1.87 bits per heavy atom. The Hall–Kier alpha value is -3.17. The lowest BCUT2D eigenvalue weighted by Crippen LogP contribution is -2.20. The van der Waals surface area contributed by atoms with E-state index in [9.17, 15) is 13.5 Å². The zero-order valence-corrected chi connectivity index (χ0v) is 17.9. The van der Waals surface area contributed by atoms with Crippen LogP contribution in [0.2, 0.25) is 0 Å². The molecule has 0 spiro atoms. The summed E-state index contributed by atoms with van der Waals surface area (Å²) >= 11 is 0. The third-order valence-corrected chi connectivity index (χ3v) is 5.64. The van der Waals surface area contributed by atoms with Gasteiger partial charge in [0, 0.05) is 24.1 Å². The van der Waals surface area contributed by atoms with E-state index in [1.54, 1.807) is 37.4 Å². The van der Waals surface area contributed by atoms with Crippen molar-refractivity contribution >= 4 is 33.2 Å². The van der Waals surface area contributed by atoms with E-state index in [0.717, 1.165) is 24.2 Å². The Morgan fingerprint density at radius 3 is 2.50 bits per heavy atom. The quantitative estimate of drug-likeness (QED) is 0.525. The van der Waals surface area contributed by atoms with Gasteiger partial charge in [-0.1, -0.05) is 6.92 Å². The van der Waals surface area contributed by atoms with Gasteiger partial charge in [0.15, 0.2) is 0 Å². The molecule has 158 valence electrons. The predicted molar refractivity (Wildman–Crippen MR) is 118 cm³/mol. The minimum absolute atomic E-state index is 0.0830. The van der Waals surface area contributed by atoms with E-state index >= 15 is 0 Å². The number of phenols is 1. The second-order valence-electron chi connectivity index (χ2n) is 7.01. The number of aromatic hydroxyl groups is 1. The molecule has 0 amide bonds. The van der Waals surface area contributed by atoms with Gasteiger partial charge >= 0.3 is 0 Å². The molecule has 0 saturated heterocycles. The number of aryl methyl sites for hydroxylation is 2. The molecule has 3 aromatic rings. The van der Waals surface area contributed by atoms with Gasteiger partial charge in [-0.25, -0.2) is 18.5 Å². The summed E-state index contributed by atoms with van der Waals surface area (Å²) in [4.78, 5) is 11.1. The van der Waals surface area contributed by atoms with Gasteiger partial charge in [-0.05, 0) is 73.9 Å². The van der Waals surface area contributed by atoms with Crippen LogP contribution in [0.3, 0.4) is 0 Å². The van der Waals surface area contributed by atoms with Crippen LogP contribution in [0.15, 0.2) is 53.6 Å². The number of benzene rings is 2. The van der Waals surface area contributed by atoms with Crippen molar-refractivity contribution in [2.24, 2.45) is 5.14 Å². The van der Waals surface area contributed by atoms with Gasteiger partial charge in [0.1, 0.15) is 11.6 Å². The number of nitrogens with one attached hydrogen (secondary N) is 1. The predicted octanol–water partition coefficient (Wildman–Crippen LogP) is 3.74. The highest BCUT2D eigenvalue weighted by Gasteiger charge is 2.15. The van der Waals surface area contributed by atoms with Crippen LogP contribution in [0, 0.1) is 13.8 Å². The van der Waals surface area contributed by atoms with Crippen LogP contribution in [-0.4, -0.2) is 30.0 Å². The second kappa shape index (κ2) is 8.68. The SMILES string of the molecule is CCCN(c1ccnc(Nc2ccc(S(N)(=O)=O)c(C)c2)n1)c1ccc(O)cc1C. The fourth-order valence-electron chi connectivity index (χ4n) is 3.26. The Kier molecular flexibility index (Phi) is 6.23. The maximum Gasteiger partial charge on any atom is 0.238 e. The summed E-state index contributed by atoms with van der Waals surface area (Å²) in [5, 5.41) is 18.1. The summed E-state index contributed by atoms with van der Waals surface area (Å²) < 4.78 is 23.2. The van der Waals surface area contributed by atoms with Crippen molar-refractivity contribution < 1.29 is 13.5 Å². The van der Waals surface area contributed by atoms with E-state index in [1.165, 1.54) is 6.07 Å². The first-order valence-corrected chi connectivity index (χ1v) is 11.0. The van der Waals surface area contributed by atoms with Crippen molar-refractivity contribution in [3.63, 3.8) is 0 Å². The van der Waals surface area contributed by atoms with Gasteiger partial charge in [-0.3, -0.25) is 0 Å². The molecule has 8 nitrogen and oxygen atoms in total. The lowest BCUT2D eigenvalue weighted by molar-refractivity contribution is 0.475. The minimum Gasteiger partial charge on any atom is -0.508 e. The topological polar surface area (TPSA) is 121 Å². The summed E-state index contributed by atoms with van der Waals surface area (Å²) in [6, 6.07) is 11.8. The molecule has 0 aliphatic carbocycles. The lowest BCUT2D eigenvalue weighted by atomic mass is 10.1. The number of sulfonamides is 1. The van der Waals surface area contributed by atoms with Crippen LogP contribution in [0.25, 0.3) is 0 Å². The van der Waals surface area contributed by atoms with E-state index in [1.807, 2.05) is 19.1 Å². The van der Waals surface area contributed by atoms with Gasteiger partial charge in [0.05, 0.1) is 4.90 Å². The smallest absolute Gasteiger partial charge is 0.238 e. The molecule has 2 aromatic carbocycles. The fraction of sp³-hybridized carbons (Fsp3) is 0.238. The first-order valence-electron chi connectivity index (χ1n) is 9.49. The Bertz CT molecular complexity index is 1170. The van der Waals surface area contributed by atoms with Gasteiger partial charge < -0.3 is 15.3 Å². The van der Waals surface area contributed by atoms with E-state index < -0.39 is 10.0 Å². The highest BCUT2D eigenvalue weighted by molar-refractivity contribution is 7.89. The molecule has 0 unspecified atom stereocenters. The molecule has 4 N–H and O–H groups in total. The number of anilines is 4. The molecule has 1 heterocycles. The molecule has 0 aliphatic rings. The van der Waals surface area contributed by atoms with Crippen molar-refractivity contribution in [3.05, 3.63) is 59.8 Å². The van der Waals surface area contributed by atoms with Crippen LogP contribution < -0.4 is 15.4 Å². The molecule has 30 heavy (non-hydrogen) atoms. The van der Waals surface area contributed by atoms with Gasteiger partial charge in [0.25, 0.3) is 0 Å². The maximum absolute atomic E-state index is 11.6. The summed E-state index contributed by atoms with van der Waals surface area (Å²) in [7, 11) is -3.77. The lowest BCUT2D eigenvalue weighted by Gasteiger charge is -2.25. The zero-order valence-electron chi connectivity index (χ0n) is 17.1. The normalized spacial score (nSPS) is 11.3. The average molecular weight is 428 g/mol. The van der Waals surface area contributed by atoms with Crippen LogP contribution in [-0.2, 0) is 10.0 Å². The number of primary sulfonamides is 1. The Morgan fingerprint density at radius 1 is 1.10 bits per heavy atom. The molecule has 0 radical (unpaired) electrons. The number of rotatable bonds is 7. The van der Waals surface area contributed by atoms with Gasteiger partial charge in [-0.2, -0.15) is 4.98 Å². The Balaban J connectivity index is 1.92. The fourth-order valence-corrected chi connectivity index (χ4v) is 4.03. The number of phenolic OH excluding ortho intramolecular Hbond substituents is 1. The van der Waals surface area contributed by atoms with E-state index in [4.69, 9.17) is 5.14 Å². The van der Waals surface area contributed by atoms with E-state index in [0.29, 0.717) is 23.0 Å². The van der Waals surface area contributed by atoms with Crippen molar-refractivity contribution in [1.82, 2.24) is 9.97 Å². The molecule has 0 bridgehead atoms. The Labute approximate surface area is 176 Å². The number of aromatic nitrogens is 2. The zero-order chi connectivity index (χ0) is 21.9. The molecule has 3 rings (SSSR count). The minimum atomic E-state index is -3.77. The van der Waals surface area contributed by atoms with Crippen LogP contribution in [0.4, 0.5) is 23.1 Å². The molecule has 1 aromatic heterocycles. The molecular formula is C21H25N5O3S. The molecule has 0 aliphatic heterocycles. The third-order valence-electron chi connectivity index (χ3n) is 4.57. The standard InChI is InChI=1S/C21H25N5O3S/c1-4-11-26(18-7-6-17(27)13-14(18)2)20-9-10-23-21(25-20)24-16-5-8-19(15(3)12-16)30(22,28)29/h5-10,12-13,27H,4,11H2,1-3H3,(H2,22,28,29)(H,23,24,25). The first-order chi connectivity index (χ1) is 14.2. The number of hydrogen-bond acceptors (Lipinski definition) is 7. The molecule has 0 atom stereocenters. The highest BCUT2D eigenvalue weighted by atomic mass is 32.2. The summed E-state index contributed by atoms with van der Waals surface area (Å²) in [6.45, 7) is 6.44. The summed E-state index contributed by atoms with van der Waals surface area (Å²) in [5.41, 5.74) is 3.07. The number of nitrogens with two attached hydrogens (primary N) is 1. The van der Waals surface area contributed by atoms with Gasteiger partial charge in [-0.15, -0.1) is 0 Å². The maximum atomic E-state index is 11.6. The molecular weight excluding hydrogens is 402 g/mol. The second-order valence-corrected chi connectivity index (χ2v) is 8.54. The van der Waals surface area contributed by atoms with Crippen LogP contribution >= 0.6 is 0 Å². The summed E-state index contributed by atoms with van der Waals surface area (Å²) in [6.07, 6.45) is 2.57. The third kappa shape index (κ3) is 4.87. The molecule has 9 heteroatoms. The van der Waals surface area contributed by atoms with Gasteiger partial charge in [0.2, 0.25) is 16.0 Å². The van der Waals surface area contributed by atoms with E-state index in [2.05, 4.69) is 27.1 Å². The van der Waals surface area contributed by atoms with Crippen molar-refractivity contribution in [2.75, 3.05) is 16.8 Å². The first kappa shape index (κ1) is 21.5. The van der Waals surface area contributed by atoms with E-state index in [-0.39, 0.29) is 10.6 Å². The monoisotopic (exact) mass is 427 g/mol. The van der Waals surface area contributed by atoms with Crippen molar-refractivity contribution in [2.45, 2.75) is 32.1 Å². The number of nitrogens with zero attached hydrogens (tertiary/aromatic N) is 3. The molecule has 0 fully saturated rings. The van der Waals surface area contributed by atoms with Crippen molar-refractivity contribution in [1.29, 1.82) is 0 Å². The highest BCUT2D eigenvalue weighted by Crippen LogP contribution is 2.30. The largest absolute Gasteiger partial charge is 0.508 e. The number of hydrogen-bond donors (Lipinski definition) is 3. The molecule has 0 saturated carbocycles. The van der Waals surface area contributed by atoms with Crippen LogP contribution in [0.5, 0.6) is 5.75 Å². The average Bonchev–Trinajstić information content (AvgIpc) is 2.66. The summed E-state index contributed by atoms with van der Waals surface area (Å²) in [5.74, 6) is 1.31. The van der Waals surface area contributed by atoms with Crippen molar-refractivity contribution in [3.8, 4) is 5.75 Å². The van der Waals surface area contributed by atoms with Crippen LogP contribution in [0.1, 0.15) is 24.5 Å².